The van der Waals surface area contributed by atoms with E-state index in [0.717, 1.165) is 18.8 Å². The number of nitrogens with one attached hydrogen (secondary N) is 1. The molecule has 4 nitrogen and oxygen atoms in total. The monoisotopic (exact) mass is 281 g/mol. The number of H-pyrrole nitrogens is 1. The Labute approximate surface area is 124 Å². The Morgan fingerprint density at radius 3 is 2.67 bits per heavy atom. The van der Waals surface area contributed by atoms with Gasteiger partial charge in [-0.2, -0.15) is 0 Å². The van der Waals surface area contributed by atoms with Crippen LogP contribution in [0.1, 0.15) is 5.69 Å². The highest BCUT2D eigenvalue weighted by Gasteiger charge is 2.08. The fraction of sp³-hybridized carbons (Fsp3) is 0.235. The first-order chi connectivity index (χ1) is 10.4. The Balaban J connectivity index is 1.71. The fourth-order valence-corrected chi connectivity index (χ4v) is 2.53. The average Bonchev–Trinajstić information content (AvgIpc) is 2.95. The van der Waals surface area contributed by atoms with Gasteiger partial charge in [-0.05, 0) is 29.7 Å². The second kappa shape index (κ2) is 6.41. The molecule has 1 aromatic carbocycles. The van der Waals surface area contributed by atoms with Crippen molar-refractivity contribution in [3.8, 4) is 0 Å². The smallest absolute Gasteiger partial charge is 0.128 e. The Morgan fingerprint density at radius 2 is 1.90 bits per heavy atom. The lowest BCUT2D eigenvalue weighted by molar-refractivity contribution is 0.301. The first kappa shape index (κ1) is 13.6. The van der Waals surface area contributed by atoms with E-state index in [2.05, 4.69) is 33.1 Å². The number of anilines is 1. The van der Waals surface area contributed by atoms with Crippen molar-refractivity contribution >= 4 is 16.7 Å². The van der Waals surface area contributed by atoms with Crippen molar-refractivity contribution in [2.24, 2.45) is 0 Å². The molecule has 2 aromatic heterocycles. The zero-order chi connectivity index (χ0) is 14.5. The molecule has 21 heavy (non-hydrogen) atoms. The molecule has 2 N–H and O–H groups in total. The second-order valence-electron chi connectivity index (χ2n) is 5.03. The highest BCUT2D eigenvalue weighted by Crippen LogP contribution is 2.16. The zero-order valence-electron chi connectivity index (χ0n) is 11.9. The summed E-state index contributed by atoms with van der Waals surface area (Å²) in [5, 5.41) is 10.5. The van der Waals surface area contributed by atoms with Crippen molar-refractivity contribution < 1.29 is 5.11 Å². The van der Waals surface area contributed by atoms with Gasteiger partial charge in [-0.15, -0.1) is 0 Å². The standard InChI is InChI=1S/C17H19N3O/c21-12-11-20(17-7-3-4-9-18-17)10-8-15-13-14-5-1-2-6-16(14)19-15/h1-7,9,13,19,21H,8,10-12H2. The van der Waals surface area contributed by atoms with Gasteiger partial charge in [0, 0.05) is 36.9 Å². The van der Waals surface area contributed by atoms with Gasteiger partial charge in [0.25, 0.3) is 0 Å². The van der Waals surface area contributed by atoms with Crippen LogP contribution in [0.4, 0.5) is 5.82 Å². The molecule has 0 aliphatic rings. The molecule has 0 aliphatic heterocycles. The summed E-state index contributed by atoms with van der Waals surface area (Å²) in [7, 11) is 0. The van der Waals surface area contributed by atoms with E-state index in [0.29, 0.717) is 6.54 Å². The number of aliphatic hydroxyl groups excluding tert-OH is 1. The quantitative estimate of drug-likeness (QED) is 0.730. The minimum absolute atomic E-state index is 0.128. The van der Waals surface area contributed by atoms with Gasteiger partial charge in [-0.25, -0.2) is 4.98 Å². The summed E-state index contributed by atoms with van der Waals surface area (Å²) in [5.74, 6) is 0.905. The highest BCUT2D eigenvalue weighted by atomic mass is 16.3. The molecule has 2 heterocycles. The number of rotatable bonds is 6. The predicted octanol–water partition coefficient (Wildman–Crippen LogP) is 2.60. The summed E-state index contributed by atoms with van der Waals surface area (Å²) in [6.07, 6.45) is 2.67. The third-order valence-electron chi connectivity index (χ3n) is 3.58. The lowest BCUT2D eigenvalue weighted by Gasteiger charge is -2.22. The summed E-state index contributed by atoms with van der Waals surface area (Å²) < 4.78 is 0. The molecule has 108 valence electrons. The van der Waals surface area contributed by atoms with Gasteiger partial charge in [-0.1, -0.05) is 24.3 Å². The van der Waals surface area contributed by atoms with Crippen LogP contribution in [0.5, 0.6) is 0 Å². The summed E-state index contributed by atoms with van der Waals surface area (Å²) >= 11 is 0. The molecule has 0 bridgehead atoms. The first-order valence-electron chi connectivity index (χ1n) is 7.20. The molecule has 0 amide bonds. The number of aromatic nitrogens is 2. The summed E-state index contributed by atoms with van der Waals surface area (Å²) in [6, 6.07) is 16.3. The predicted molar refractivity (Wildman–Crippen MR) is 85.5 cm³/mol. The van der Waals surface area contributed by atoms with Crippen LogP contribution in [0.2, 0.25) is 0 Å². The van der Waals surface area contributed by atoms with Crippen molar-refractivity contribution in [1.82, 2.24) is 9.97 Å². The number of nitrogens with zero attached hydrogens (tertiary/aromatic N) is 2. The van der Waals surface area contributed by atoms with Crippen molar-refractivity contribution in [2.45, 2.75) is 6.42 Å². The Bertz CT molecular complexity index is 660. The molecule has 0 unspecified atom stereocenters. The van der Waals surface area contributed by atoms with Crippen LogP contribution in [0.3, 0.4) is 0 Å². The number of hydrogen-bond acceptors (Lipinski definition) is 3. The number of hydrogen-bond donors (Lipinski definition) is 2. The third-order valence-corrected chi connectivity index (χ3v) is 3.58. The molecule has 0 radical (unpaired) electrons. The van der Waals surface area contributed by atoms with Crippen molar-refractivity contribution in [1.29, 1.82) is 0 Å². The highest BCUT2D eigenvalue weighted by molar-refractivity contribution is 5.80. The number of para-hydroxylation sites is 1. The van der Waals surface area contributed by atoms with Crippen LogP contribution in [0, 0.1) is 0 Å². The largest absolute Gasteiger partial charge is 0.395 e. The van der Waals surface area contributed by atoms with E-state index in [1.54, 1.807) is 6.20 Å². The summed E-state index contributed by atoms with van der Waals surface area (Å²) in [4.78, 5) is 9.89. The molecule has 0 saturated heterocycles. The number of fused-ring (bicyclic) bond motifs is 1. The van der Waals surface area contributed by atoms with E-state index in [1.807, 2.05) is 30.3 Å². The van der Waals surface area contributed by atoms with Gasteiger partial charge in [-0.3, -0.25) is 0 Å². The van der Waals surface area contributed by atoms with Gasteiger partial charge in [0.2, 0.25) is 0 Å². The van der Waals surface area contributed by atoms with E-state index in [4.69, 9.17) is 0 Å². The second-order valence-corrected chi connectivity index (χ2v) is 5.03. The first-order valence-corrected chi connectivity index (χ1v) is 7.20. The number of aliphatic hydroxyl groups is 1. The van der Waals surface area contributed by atoms with E-state index in [9.17, 15) is 5.11 Å². The maximum absolute atomic E-state index is 9.23. The minimum Gasteiger partial charge on any atom is -0.395 e. The topological polar surface area (TPSA) is 52.1 Å². The van der Waals surface area contributed by atoms with Crippen LogP contribution < -0.4 is 4.90 Å². The van der Waals surface area contributed by atoms with Gasteiger partial charge in [0.1, 0.15) is 5.82 Å². The van der Waals surface area contributed by atoms with Crippen molar-refractivity contribution in [3.63, 3.8) is 0 Å². The van der Waals surface area contributed by atoms with Crippen molar-refractivity contribution in [2.75, 3.05) is 24.6 Å². The third kappa shape index (κ3) is 3.23. The van der Waals surface area contributed by atoms with E-state index in [1.165, 1.54) is 16.6 Å². The van der Waals surface area contributed by atoms with Crippen LogP contribution in [-0.4, -0.2) is 34.8 Å². The molecule has 0 fully saturated rings. The Hall–Kier alpha value is -2.33. The lowest BCUT2D eigenvalue weighted by atomic mass is 10.2. The van der Waals surface area contributed by atoms with Gasteiger partial charge < -0.3 is 15.0 Å². The fourth-order valence-electron chi connectivity index (χ4n) is 2.53. The van der Waals surface area contributed by atoms with Crippen molar-refractivity contribution in [3.05, 3.63) is 60.4 Å². The average molecular weight is 281 g/mol. The molecular weight excluding hydrogens is 262 g/mol. The SMILES string of the molecule is OCCN(CCc1cc2ccccc2[nH]1)c1ccccn1. The molecule has 0 aliphatic carbocycles. The molecule has 0 saturated carbocycles. The zero-order valence-corrected chi connectivity index (χ0v) is 11.9. The molecule has 4 heteroatoms. The van der Waals surface area contributed by atoms with Crippen LogP contribution in [0.25, 0.3) is 10.9 Å². The van der Waals surface area contributed by atoms with E-state index >= 15 is 0 Å². The van der Waals surface area contributed by atoms with E-state index in [-0.39, 0.29) is 6.61 Å². The van der Waals surface area contributed by atoms with Crippen LogP contribution >= 0.6 is 0 Å². The number of benzene rings is 1. The molecule has 0 atom stereocenters. The normalized spacial score (nSPS) is 10.9. The summed E-state index contributed by atoms with van der Waals surface area (Å²) in [6.45, 7) is 1.55. The Morgan fingerprint density at radius 1 is 1.05 bits per heavy atom. The molecular formula is C17H19N3O. The number of pyridine rings is 1. The molecule has 3 rings (SSSR count). The Kier molecular flexibility index (Phi) is 4.17. The number of aromatic amines is 1. The maximum atomic E-state index is 9.23. The minimum atomic E-state index is 0.128. The van der Waals surface area contributed by atoms with Gasteiger partial charge in [0.05, 0.1) is 6.61 Å². The van der Waals surface area contributed by atoms with Gasteiger partial charge >= 0.3 is 0 Å². The maximum Gasteiger partial charge on any atom is 0.128 e. The lowest BCUT2D eigenvalue weighted by Crippen LogP contribution is -2.29. The summed E-state index contributed by atoms with van der Waals surface area (Å²) in [5.41, 5.74) is 2.37. The van der Waals surface area contributed by atoms with Crippen LogP contribution in [0.15, 0.2) is 54.7 Å². The molecule has 0 spiro atoms. The van der Waals surface area contributed by atoms with Gasteiger partial charge in [0.15, 0.2) is 0 Å². The van der Waals surface area contributed by atoms with E-state index < -0.39 is 0 Å². The van der Waals surface area contributed by atoms with Crippen LogP contribution in [-0.2, 0) is 6.42 Å². The molecule has 3 aromatic rings.